The van der Waals surface area contributed by atoms with E-state index in [9.17, 15) is 17.2 Å². The largest absolute Gasteiger partial charge is 0.252 e. The maximum absolute atomic E-state index is 14.1. The van der Waals surface area contributed by atoms with Gasteiger partial charge in [-0.05, 0) is 91.0 Å². The highest BCUT2D eigenvalue weighted by Gasteiger charge is 2.44. The van der Waals surface area contributed by atoms with E-state index in [2.05, 4.69) is 13.0 Å². The molecule has 1 saturated carbocycles. The normalized spacial score (nSPS) is 26.0. The molecule has 6 atom stereocenters. The molecule has 0 saturated heterocycles. The number of hydrogen-bond acceptors (Lipinski definition) is 5. The zero-order valence-electron chi connectivity index (χ0n) is 27.5. The third-order valence-corrected chi connectivity index (χ3v) is 10.9. The SMILES string of the molecule is Cc1c(C(C)C)nc(N(CC2CC2c2nc3ccccc3c(C3C=CC(F)=CC3C)c2C)S(C)(=O)=O)nc1C1C=CC(F)=CC1C. The fourth-order valence-corrected chi connectivity index (χ4v) is 8.15. The highest BCUT2D eigenvalue weighted by molar-refractivity contribution is 7.92. The van der Waals surface area contributed by atoms with Gasteiger partial charge in [-0.2, -0.15) is 0 Å². The van der Waals surface area contributed by atoms with Crippen LogP contribution in [0.25, 0.3) is 10.9 Å². The summed E-state index contributed by atoms with van der Waals surface area (Å²) in [5.74, 6) is -0.579. The summed E-state index contributed by atoms with van der Waals surface area (Å²) in [5.41, 5.74) is 6.47. The average Bonchev–Trinajstić information content (AvgIpc) is 3.75. The zero-order chi connectivity index (χ0) is 33.1. The lowest BCUT2D eigenvalue weighted by Crippen LogP contribution is -2.34. The molecule has 1 aromatic carbocycles. The van der Waals surface area contributed by atoms with Gasteiger partial charge in [0.1, 0.15) is 11.7 Å². The Hall–Kier alpha value is -3.72. The molecule has 0 N–H and O–H groups in total. The molecule has 1 fully saturated rings. The van der Waals surface area contributed by atoms with Crippen LogP contribution in [0, 0.1) is 31.6 Å². The Balaban J connectivity index is 1.37. The minimum Gasteiger partial charge on any atom is -0.252 e. The van der Waals surface area contributed by atoms with Gasteiger partial charge in [-0.3, -0.25) is 4.98 Å². The number of halogens is 2. The van der Waals surface area contributed by atoms with Crippen molar-refractivity contribution >= 4 is 26.9 Å². The molecule has 0 radical (unpaired) electrons. The first-order chi connectivity index (χ1) is 21.7. The molecular weight excluding hydrogens is 602 g/mol. The monoisotopic (exact) mass is 644 g/mol. The number of hydrogen-bond donors (Lipinski definition) is 0. The number of para-hydroxylation sites is 1. The molecule has 0 amide bonds. The van der Waals surface area contributed by atoms with Crippen LogP contribution < -0.4 is 4.31 Å². The van der Waals surface area contributed by atoms with Gasteiger partial charge in [0.2, 0.25) is 16.0 Å². The maximum Gasteiger partial charge on any atom is 0.239 e. The lowest BCUT2D eigenvalue weighted by molar-refractivity contribution is 0.562. The van der Waals surface area contributed by atoms with Crippen LogP contribution in [0.4, 0.5) is 14.7 Å². The first-order valence-electron chi connectivity index (χ1n) is 16.1. The van der Waals surface area contributed by atoms with E-state index >= 15 is 0 Å². The third kappa shape index (κ3) is 6.06. The fourth-order valence-electron chi connectivity index (χ4n) is 7.30. The quantitative estimate of drug-likeness (QED) is 0.245. The van der Waals surface area contributed by atoms with Crippen molar-refractivity contribution < 1.29 is 17.2 Å². The van der Waals surface area contributed by atoms with Crippen LogP contribution in [0.3, 0.4) is 0 Å². The zero-order valence-corrected chi connectivity index (χ0v) is 28.3. The van der Waals surface area contributed by atoms with E-state index in [-0.39, 0.29) is 65.6 Å². The number of benzene rings is 1. The van der Waals surface area contributed by atoms with E-state index in [4.69, 9.17) is 15.0 Å². The summed E-state index contributed by atoms with van der Waals surface area (Å²) in [4.78, 5) is 14.8. The summed E-state index contributed by atoms with van der Waals surface area (Å²) in [6, 6.07) is 8.05. The van der Waals surface area contributed by atoms with Crippen LogP contribution in [-0.2, 0) is 10.0 Å². The van der Waals surface area contributed by atoms with E-state index in [0.29, 0.717) is 0 Å². The van der Waals surface area contributed by atoms with Gasteiger partial charge in [-0.25, -0.2) is 31.5 Å². The number of rotatable bonds is 8. The van der Waals surface area contributed by atoms with Gasteiger partial charge >= 0.3 is 0 Å². The highest BCUT2D eigenvalue weighted by atomic mass is 32.2. The van der Waals surface area contributed by atoms with Crippen molar-refractivity contribution in [2.24, 2.45) is 17.8 Å². The summed E-state index contributed by atoms with van der Waals surface area (Å²) < 4.78 is 56.2. The minimum atomic E-state index is -3.74. The van der Waals surface area contributed by atoms with E-state index in [1.54, 1.807) is 18.2 Å². The van der Waals surface area contributed by atoms with Crippen LogP contribution in [0.5, 0.6) is 0 Å². The van der Waals surface area contributed by atoms with Gasteiger partial charge in [0.05, 0.1) is 23.2 Å². The lowest BCUT2D eigenvalue weighted by Gasteiger charge is -2.27. The number of fused-ring (bicyclic) bond motifs is 1. The number of aromatic nitrogens is 3. The van der Waals surface area contributed by atoms with Crippen LogP contribution in [0.15, 0.2) is 72.4 Å². The standard InChI is InChI=1S/C37H42F2N4O2S/c1-20(2)34-24(6)36(29-15-13-27(39)17-22(29)4)42-37(41-34)43(46(7,44)45)19-25-18-31(25)35-23(5)33(28-14-12-26(38)16-21(28)3)30-10-8-9-11-32(30)40-35/h8-17,20-22,25,28-29,31H,18-19H2,1-7H3. The number of anilines is 1. The predicted molar refractivity (Wildman–Crippen MR) is 181 cm³/mol. The summed E-state index contributed by atoms with van der Waals surface area (Å²) >= 11 is 0. The molecule has 2 heterocycles. The van der Waals surface area contributed by atoms with Crippen molar-refractivity contribution in [3.63, 3.8) is 0 Å². The molecule has 0 spiro atoms. The van der Waals surface area contributed by atoms with Crippen molar-refractivity contribution in [1.29, 1.82) is 0 Å². The van der Waals surface area contributed by atoms with E-state index < -0.39 is 10.0 Å². The first kappa shape index (κ1) is 32.2. The van der Waals surface area contributed by atoms with Crippen LogP contribution in [0.2, 0.25) is 0 Å². The Labute approximate surface area is 271 Å². The predicted octanol–water partition coefficient (Wildman–Crippen LogP) is 8.62. The van der Waals surface area contributed by atoms with Gasteiger partial charge in [-0.15, -0.1) is 0 Å². The molecule has 3 aromatic rings. The molecule has 46 heavy (non-hydrogen) atoms. The van der Waals surface area contributed by atoms with Crippen LogP contribution in [0.1, 0.15) is 91.6 Å². The van der Waals surface area contributed by atoms with E-state index in [1.165, 1.54) is 16.6 Å². The molecule has 3 aliphatic carbocycles. The van der Waals surface area contributed by atoms with Gasteiger partial charge < -0.3 is 0 Å². The molecule has 6 nitrogen and oxygen atoms in total. The Kier molecular flexibility index (Phi) is 8.51. The van der Waals surface area contributed by atoms with Crippen LogP contribution in [-0.4, -0.2) is 36.2 Å². The average molecular weight is 645 g/mol. The molecular formula is C37H42F2N4O2S. The van der Waals surface area contributed by atoms with Crippen molar-refractivity contribution in [3.05, 3.63) is 106 Å². The van der Waals surface area contributed by atoms with Gasteiger partial charge in [0.15, 0.2) is 0 Å². The smallest absolute Gasteiger partial charge is 0.239 e. The van der Waals surface area contributed by atoms with Crippen molar-refractivity contribution in [2.45, 2.75) is 71.6 Å². The highest BCUT2D eigenvalue weighted by Crippen LogP contribution is 2.51. The summed E-state index contributed by atoms with van der Waals surface area (Å²) in [6.07, 6.45) is 12.0. The van der Waals surface area contributed by atoms with Gasteiger partial charge in [0, 0.05) is 35.4 Å². The van der Waals surface area contributed by atoms with E-state index in [0.717, 1.165) is 51.1 Å². The molecule has 3 aliphatic rings. The lowest BCUT2D eigenvalue weighted by atomic mass is 9.79. The Morgan fingerprint density at radius 3 is 2.13 bits per heavy atom. The maximum atomic E-state index is 14.1. The second-order valence-corrected chi connectivity index (χ2v) is 15.5. The van der Waals surface area contributed by atoms with Crippen molar-refractivity contribution in [3.8, 4) is 0 Å². The number of allylic oxidation sites excluding steroid dienone is 8. The molecule has 0 aliphatic heterocycles. The van der Waals surface area contributed by atoms with Gasteiger partial charge in [0.25, 0.3) is 0 Å². The summed E-state index contributed by atoms with van der Waals surface area (Å²) in [5, 5.41) is 1.05. The molecule has 0 bridgehead atoms. The van der Waals surface area contributed by atoms with Crippen molar-refractivity contribution in [1.82, 2.24) is 15.0 Å². The minimum absolute atomic E-state index is 0.00394. The first-order valence-corrected chi connectivity index (χ1v) is 18.0. The van der Waals surface area contributed by atoms with Crippen molar-refractivity contribution in [2.75, 3.05) is 17.1 Å². The Morgan fingerprint density at radius 1 is 0.891 bits per heavy atom. The Morgan fingerprint density at radius 2 is 1.52 bits per heavy atom. The molecule has 6 unspecified atom stereocenters. The summed E-state index contributed by atoms with van der Waals surface area (Å²) in [7, 11) is -3.74. The molecule has 242 valence electrons. The second kappa shape index (κ2) is 12.1. The summed E-state index contributed by atoms with van der Waals surface area (Å²) in [6.45, 7) is 12.3. The number of nitrogens with zero attached hydrogens (tertiary/aromatic N) is 4. The molecule has 6 rings (SSSR count). The Bertz CT molecular complexity index is 1930. The number of pyridine rings is 1. The molecule has 9 heteroatoms. The van der Waals surface area contributed by atoms with Crippen LogP contribution >= 0.6 is 0 Å². The molecule has 2 aromatic heterocycles. The van der Waals surface area contributed by atoms with E-state index in [1.807, 2.05) is 65.0 Å². The second-order valence-electron chi connectivity index (χ2n) is 13.6. The number of sulfonamides is 1. The topological polar surface area (TPSA) is 76.1 Å². The van der Waals surface area contributed by atoms with Gasteiger partial charge in [-0.1, -0.05) is 58.0 Å². The fraction of sp³-hybridized carbons (Fsp3) is 0.432. The third-order valence-electron chi connectivity index (χ3n) is 9.83.